The van der Waals surface area contributed by atoms with Crippen LogP contribution >= 0.6 is 0 Å². The highest BCUT2D eigenvalue weighted by molar-refractivity contribution is 5.36. The molecule has 1 unspecified atom stereocenters. The van der Waals surface area contributed by atoms with Gasteiger partial charge in [0.25, 0.3) is 0 Å². The van der Waals surface area contributed by atoms with Crippen LogP contribution < -0.4 is 5.32 Å². The van der Waals surface area contributed by atoms with Crippen LogP contribution in [-0.4, -0.2) is 53.5 Å². The maximum absolute atomic E-state index is 14.0. The lowest BCUT2D eigenvalue weighted by Gasteiger charge is -2.26. The lowest BCUT2D eigenvalue weighted by atomic mass is 10.1. The number of nitrogens with one attached hydrogen (secondary N) is 1. The lowest BCUT2D eigenvalue weighted by Crippen LogP contribution is -2.44. The molecule has 0 saturated carbocycles. The van der Waals surface area contributed by atoms with Crippen molar-refractivity contribution < 1.29 is 37.6 Å². The van der Waals surface area contributed by atoms with Crippen LogP contribution in [0.25, 0.3) is 0 Å². The zero-order valence-electron chi connectivity index (χ0n) is 18.3. The van der Waals surface area contributed by atoms with Crippen molar-refractivity contribution >= 4 is 0 Å². The topological polar surface area (TPSA) is 82.0 Å². The quantitative estimate of drug-likeness (QED) is 0.230. The van der Waals surface area contributed by atoms with E-state index in [-0.39, 0.29) is 38.5 Å². The van der Waals surface area contributed by atoms with E-state index in [1.165, 1.54) is 18.2 Å². The maximum Gasteiger partial charge on any atom is 0.332 e. The fourth-order valence-electron chi connectivity index (χ4n) is 3.23. The van der Waals surface area contributed by atoms with Gasteiger partial charge in [0.05, 0.1) is 12.7 Å². The van der Waals surface area contributed by atoms with E-state index >= 15 is 0 Å². The fraction of sp³-hybridized carbons (Fsp3) is 0.500. The van der Waals surface area contributed by atoms with Crippen molar-refractivity contribution in [3.63, 3.8) is 0 Å². The minimum Gasteiger partial charge on any atom is -0.508 e. The van der Waals surface area contributed by atoms with Crippen molar-refractivity contribution in [3.8, 4) is 5.75 Å². The second-order valence-corrected chi connectivity index (χ2v) is 7.92. The fourth-order valence-corrected chi connectivity index (χ4v) is 3.23. The molecule has 2 rings (SSSR count). The number of ether oxygens (including phenoxy) is 1. The molecule has 0 radical (unpaired) electrons. The smallest absolute Gasteiger partial charge is 0.332 e. The molecule has 0 bridgehead atoms. The van der Waals surface area contributed by atoms with E-state index in [1.54, 1.807) is 0 Å². The Labute approximate surface area is 191 Å². The van der Waals surface area contributed by atoms with Crippen LogP contribution in [0.15, 0.2) is 48.5 Å². The molecule has 0 saturated heterocycles. The standard InChI is InChI=1S/C24H31F4NO4/c25-23(26,24(27,28)17-33-13-4-8-18-6-2-1-3-7-18)11-5-12-29-15-22(32)19-9-10-20(16-30)21(31)14-19/h1-3,6-7,9-10,14,22,29-32H,4-5,8,11-13,15-17H2. The molecule has 0 aliphatic rings. The number of halogens is 4. The number of aromatic hydroxyl groups is 1. The van der Waals surface area contributed by atoms with Gasteiger partial charge >= 0.3 is 11.8 Å². The van der Waals surface area contributed by atoms with Crippen molar-refractivity contribution in [2.45, 2.75) is 50.2 Å². The normalized spacial score (nSPS) is 13.3. The summed E-state index contributed by atoms with van der Waals surface area (Å²) in [6.45, 7) is -1.73. The second kappa shape index (κ2) is 12.9. The molecule has 2 aromatic rings. The third kappa shape index (κ3) is 8.58. The van der Waals surface area contributed by atoms with Gasteiger partial charge in [-0.15, -0.1) is 0 Å². The number of phenols is 1. The van der Waals surface area contributed by atoms with Crippen LogP contribution in [0.2, 0.25) is 0 Å². The summed E-state index contributed by atoms with van der Waals surface area (Å²) in [5, 5.41) is 31.6. The van der Waals surface area contributed by atoms with Gasteiger partial charge in [0.15, 0.2) is 0 Å². The minimum absolute atomic E-state index is 0.00136. The molecule has 5 nitrogen and oxygen atoms in total. The van der Waals surface area contributed by atoms with Crippen LogP contribution in [0.1, 0.15) is 42.1 Å². The van der Waals surface area contributed by atoms with Crippen LogP contribution in [0.5, 0.6) is 5.75 Å². The molecule has 0 spiro atoms. The van der Waals surface area contributed by atoms with Gasteiger partial charge in [-0.25, -0.2) is 0 Å². The van der Waals surface area contributed by atoms with Crippen LogP contribution in [0.3, 0.4) is 0 Å². The molecule has 4 N–H and O–H groups in total. The van der Waals surface area contributed by atoms with Gasteiger partial charge in [-0.1, -0.05) is 42.5 Å². The Morgan fingerprint density at radius 3 is 2.36 bits per heavy atom. The number of benzene rings is 2. The molecule has 184 valence electrons. The summed E-state index contributed by atoms with van der Waals surface area (Å²) in [5.74, 6) is -8.65. The van der Waals surface area contributed by atoms with Crippen molar-refractivity contribution in [3.05, 3.63) is 65.2 Å². The number of rotatable bonds is 15. The van der Waals surface area contributed by atoms with E-state index in [0.717, 1.165) is 5.56 Å². The molecule has 0 aromatic heterocycles. The zero-order chi connectivity index (χ0) is 24.3. The summed E-state index contributed by atoms with van der Waals surface area (Å²) in [6, 6.07) is 13.7. The van der Waals surface area contributed by atoms with Gasteiger partial charge in [0, 0.05) is 25.1 Å². The summed E-state index contributed by atoms with van der Waals surface area (Å²) in [7, 11) is 0. The van der Waals surface area contributed by atoms with E-state index < -0.39 is 31.0 Å². The first kappa shape index (κ1) is 27.0. The van der Waals surface area contributed by atoms with E-state index in [0.29, 0.717) is 24.0 Å². The van der Waals surface area contributed by atoms with Gasteiger partial charge in [-0.3, -0.25) is 0 Å². The first-order valence-corrected chi connectivity index (χ1v) is 10.8. The van der Waals surface area contributed by atoms with Crippen molar-refractivity contribution in [1.82, 2.24) is 5.32 Å². The number of aryl methyl sites for hydroxylation is 1. The first-order valence-electron chi connectivity index (χ1n) is 10.8. The molecule has 0 fully saturated rings. The van der Waals surface area contributed by atoms with E-state index in [2.05, 4.69) is 5.32 Å². The third-order valence-corrected chi connectivity index (χ3v) is 5.26. The van der Waals surface area contributed by atoms with Crippen LogP contribution in [0.4, 0.5) is 17.6 Å². The van der Waals surface area contributed by atoms with Crippen molar-refractivity contribution in [2.75, 3.05) is 26.3 Å². The summed E-state index contributed by atoms with van der Waals surface area (Å²) >= 11 is 0. The third-order valence-electron chi connectivity index (χ3n) is 5.26. The lowest BCUT2D eigenvalue weighted by molar-refractivity contribution is -0.235. The molecular formula is C24H31F4NO4. The Kier molecular flexibility index (Phi) is 10.6. The Bertz CT molecular complexity index is 836. The van der Waals surface area contributed by atoms with Gasteiger partial charge in [0.1, 0.15) is 12.4 Å². The number of aliphatic hydroxyl groups excluding tert-OH is 2. The molecule has 0 aliphatic carbocycles. The van der Waals surface area contributed by atoms with Crippen molar-refractivity contribution in [1.29, 1.82) is 0 Å². The Morgan fingerprint density at radius 2 is 1.70 bits per heavy atom. The average molecular weight is 474 g/mol. The molecule has 0 amide bonds. The maximum atomic E-state index is 14.0. The Morgan fingerprint density at radius 1 is 0.970 bits per heavy atom. The average Bonchev–Trinajstić information content (AvgIpc) is 2.78. The number of hydrogen-bond donors (Lipinski definition) is 4. The molecule has 0 heterocycles. The van der Waals surface area contributed by atoms with Crippen molar-refractivity contribution in [2.24, 2.45) is 0 Å². The second-order valence-electron chi connectivity index (χ2n) is 7.92. The van der Waals surface area contributed by atoms with E-state index in [1.807, 2.05) is 30.3 Å². The summed E-state index contributed by atoms with van der Waals surface area (Å²) < 4.78 is 60.7. The molecule has 0 aliphatic heterocycles. The highest BCUT2D eigenvalue weighted by Crippen LogP contribution is 2.38. The monoisotopic (exact) mass is 473 g/mol. The molecule has 33 heavy (non-hydrogen) atoms. The number of alkyl halides is 4. The molecule has 2 aromatic carbocycles. The predicted octanol–water partition coefficient (Wildman–Crippen LogP) is 4.21. The van der Waals surface area contributed by atoms with E-state index in [4.69, 9.17) is 9.84 Å². The van der Waals surface area contributed by atoms with Crippen LogP contribution in [-0.2, 0) is 17.8 Å². The molecule has 9 heteroatoms. The van der Waals surface area contributed by atoms with E-state index in [9.17, 15) is 27.8 Å². The SMILES string of the molecule is OCc1ccc(C(O)CNCCCC(F)(F)C(F)(F)COCCCc2ccccc2)cc1O. The molecule has 1 atom stereocenters. The summed E-state index contributed by atoms with van der Waals surface area (Å²) in [5.41, 5.74) is 1.70. The highest BCUT2D eigenvalue weighted by Gasteiger charge is 2.55. The Balaban J connectivity index is 1.65. The van der Waals surface area contributed by atoms with Gasteiger partial charge in [-0.05, 0) is 43.0 Å². The predicted molar refractivity (Wildman–Crippen MR) is 117 cm³/mol. The first-order chi connectivity index (χ1) is 15.7. The van der Waals surface area contributed by atoms with Gasteiger partial charge < -0.3 is 25.4 Å². The van der Waals surface area contributed by atoms with Gasteiger partial charge in [0.2, 0.25) is 0 Å². The number of hydrogen-bond acceptors (Lipinski definition) is 5. The Hall–Kier alpha value is -2.20. The summed E-state index contributed by atoms with van der Waals surface area (Å²) in [4.78, 5) is 0. The van der Waals surface area contributed by atoms with Gasteiger partial charge in [-0.2, -0.15) is 17.6 Å². The largest absolute Gasteiger partial charge is 0.508 e. The highest BCUT2D eigenvalue weighted by atomic mass is 19.3. The number of aliphatic hydroxyl groups is 2. The minimum atomic E-state index is -4.27. The van der Waals surface area contributed by atoms with Crippen LogP contribution in [0, 0.1) is 0 Å². The zero-order valence-corrected chi connectivity index (χ0v) is 18.3. The summed E-state index contributed by atoms with van der Waals surface area (Å²) in [6.07, 6.45) is -1.21. The molecular weight excluding hydrogens is 442 g/mol.